The molecule has 0 aliphatic carbocycles. The summed E-state index contributed by atoms with van der Waals surface area (Å²) in [6, 6.07) is 15.3. The maximum Gasteiger partial charge on any atom is 0.258 e. The van der Waals surface area contributed by atoms with E-state index in [0.29, 0.717) is 30.8 Å². The summed E-state index contributed by atoms with van der Waals surface area (Å²) in [5.74, 6) is 0.826. The average molecular weight is 409 g/mol. The van der Waals surface area contributed by atoms with Gasteiger partial charge in [0.25, 0.3) is 5.91 Å². The summed E-state index contributed by atoms with van der Waals surface area (Å²) < 4.78 is 5.31. The molecular weight excluding hydrogens is 376 g/mol. The predicted octanol–water partition coefficient (Wildman–Crippen LogP) is 5.04. The molecule has 0 aromatic heterocycles. The van der Waals surface area contributed by atoms with E-state index in [4.69, 9.17) is 4.74 Å². The van der Waals surface area contributed by atoms with Gasteiger partial charge >= 0.3 is 0 Å². The standard InChI is InChI=1S/C25H32N2O3/c1-3-11-24(28)26-16-8-4-5-9-17-27(23-15-7-6-12-21(23)19-26)25(29)20-13-10-14-22(18-20)30-2/h6-7,10,12-15,18H,3-5,8-9,11,16-17,19H2,1-2H3. The van der Waals surface area contributed by atoms with Crippen molar-refractivity contribution in [2.45, 2.75) is 52.0 Å². The van der Waals surface area contributed by atoms with Crippen LogP contribution in [-0.4, -0.2) is 36.9 Å². The van der Waals surface area contributed by atoms with E-state index >= 15 is 0 Å². The first-order chi connectivity index (χ1) is 14.6. The van der Waals surface area contributed by atoms with Crippen molar-refractivity contribution in [3.8, 4) is 5.75 Å². The van der Waals surface area contributed by atoms with E-state index in [1.54, 1.807) is 13.2 Å². The number of ether oxygens (including phenoxy) is 1. The van der Waals surface area contributed by atoms with Crippen molar-refractivity contribution in [2.75, 3.05) is 25.1 Å². The second-order valence-electron chi connectivity index (χ2n) is 7.80. The number of benzene rings is 2. The van der Waals surface area contributed by atoms with E-state index in [2.05, 4.69) is 0 Å². The number of fused-ring (bicyclic) bond motifs is 1. The number of anilines is 1. The zero-order chi connectivity index (χ0) is 21.3. The van der Waals surface area contributed by atoms with E-state index < -0.39 is 0 Å². The molecule has 30 heavy (non-hydrogen) atoms. The predicted molar refractivity (Wildman–Crippen MR) is 120 cm³/mol. The van der Waals surface area contributed by atoms with E-state index in [9.17, 15) is 9.59 Å². The zero-order valence-corrected chi connectivity index (χ0v) is 18.1. The van der Waals surface area contributed by atoms with Gasteiger partial charge < -0.3 is 14.5 Å². The molecule has 0 unspecified atom stereocenters. The van der Waals surface area contributed by atoms with Gasteiger partial charge in [-0.2, -0.15) is 0 Å². The smallest absolute Gasteiger partial charge is 0.258 e. The molecule has 2 aromatic rings. The van der Waals surface area contributed by atoms with Gasteiger partial charge in [-0.1, -0.05) is 44.0 Å². The maximum absolute atomic E-state index is 13.5. The summed E-state index contributed by atoms with van der Waals surface area (Å²) in [7, 11) is 1.61. The van der Waals surface area contributed by atoms with Crippen LogP contribution in [0.3, 0.4) is 0 Å². The monoisotopic (exact) mass is 408 g/mol. The van der Waals surface area contributed by atoms with Gasteiger partial charge in [0.2, 0.25) is 5.91 Å². The Balaban J connectivity index is 1.96. The first kappa shape index (κ1) is 21.9. The van der Waals surface area contributed by atoms with Gasteiger partial charge in [-0.05, 0) is 49.1 Å². The fourth-order valence-electron chi connectivity index (χ4n) is 3.95. The highest BCUT2D eigenvalue weighted by atomic mass is 16.5. The summed E-state index contributed by atoms with van der Waals surface area (Å²) in [5.41, 5.74) is 2.51. The lowest BCUT2D eigenvalue weighted by Crippen LogP contribution is -2.34. The number of carbonyl (C=O) groups is 2. The van der Waals surface area contributed by atoms with Crippen LogP contribution in [-0.2, 0) is 11.3 Å². The van der Waals surface area contributed by atoms with Gasteiger partial charge in [0.05, 0.1) is 7.11 Å². The Hall–Kier alpha value is -2.82. The molecular formula is C25H32N2O3. The highest BCUT2D eigenvalue weighted by molar-refractivity contribution is 6.06. The number of hydrogen-bond acceptors (Lipinski definition) is 3. The highest BCUT2D eigenvalue weighted by Gasteiger charge is 2.23. The van der Waals surface area contributed by atoms with Crippen LogP contribution in [0.4, 0.5) is 5.69 Å². The van der Waals surface area contributed by atoms with Gasteiger partial charge in [-0.25, -0.2) is 0 Å². The first-order valence-corrected chi connectivity index (χ1v) is 11.0. The van der Waals surface area contributed by atoms with Gasteiger partial charge in [0.15, 0.2) is 0 Å². The summed E-state index contributed by atoms with van der Waals surface area (Å²) in [4.78, 5) is 30.0. The van der Waals surface area contributed by atoms with Gasteiger partial charge in [-0.3, -0.25) is 9.59 Å². The fraction of sp³-hybridized carbons (Fsp3) is 0.440. The second kappa shape index (κ2) is 10.8. The van der Waals surface area contributed by atoms with Crippen molar-refractivity contribution < 1.29 is 14.3 Å². The molecule has 2 amide bonds. The number of hydrogen-bond donors (Lipinski definition) is 0. The van der Waals surface area contributed by atoms with Crippen molar-refractivity contribution in [1.82, 2.24) is 4.90 Å². The van der Waals surface area contributed by atoms with Crippen molar-refractivity contribution in [1.29, 1.82) is 0 Å². The Kier molecular flexibility index (Phi) is 7.89. The average Bonchev–Trinajstić information content (AvgIpc) is 2.82. The number of para-hydroxylation sites is 1. The summed E-state index contributed by atoms with van der Waals surface area (Å²) in [6.45, 7) is 4.01. The highest BCUT2D eigenvalue weighted by Crippen LogP contribution is 2.27. The molecule has 5 heteroatoms. The molecule has 3 rings (SSSR count). The van der Waals surface area contributed by atoms with Crippen molar-refractivity contribution in [3.05, 3.63) is 59.7 Å². The summed E-state index contributed by atoms with van der Waals surface area (Å²) in [6.07, 6.45) is 5.45. The molecule has 0 radical (unpaired) electrons. The third-order valence-corrected chi connectivity index (χ3v) is 5.58. The Morgan fingerprint density at radius 1 is 0.967 bits per heavy atom. The molecule has 0 atom stereocenters. The minimum absolute atomic E-state index is 0.0352. The molecule has 160 valence electrons. The third kappa shape index (κ3) is 5.41. The van der Waals surface area contributed by atoms with E-state index in [-0.39, 0.29) is 11.8 Å². The number of amides is 2. The molecule has 1 aliphatic rings. The molecule has 1 aliphatic heterocycles. The van der Waals surface area contributed by atoms with Gasteiger partial charge in [0, 0.05) is 37.3 Å². The van der Waals surface area contributed by atoms with E-state index in [1.165, 1.54) is 0 Å². The van der Waals surface area contributed by atoms with Gasteiger partial charge in [0.1, 0.15) is 5.75 Å². The van der Waals surface area contributed by atoms with Crippen LogP contribution in [0.15, 0.2) is 48.5 Å². The lowest BCUT2D eigenvalue weighted by molar-refractivity contribution is -0.131. The second-order valence-corrected chi connectivity index (χ2v) is 7.80. The van der Waals surface area contributed by atoms with Gasteiger partial charge in [-0.15, -0.1) is 0 Å². The maximum atomic E-state index is 13.5. The van der Waals surface area contributed by atoms with Crippen molar-refractivity contribution >= 4 is 17.5 Å². The van der Waals surface area contributed by atoms with Crippen LogP contribution in [0.2, 0.25) is 0 Å². The molecule has 5 nitrogen and oxygen atoms in total. The lowest BCUT2D eigenvalue weighted by atomic mass is 10.1. The molecule has 1 heterocycles. The zero-order valence-electron chi connectivity index (χ0n) is 18.1. The number of methoxy groups -OCH3 is 1. The Labute approximate surface area is 179 Å². The molecule has 0 N–H and O–H groups in total. The molecule has 0 fully saturated rings. The molecule has 2 aromatic carbocycles. The summed E-state index contributed by atoms with van der Waals surface area (Å²) >= 11 is 0. The minimum atomic E-state index is -0.0352. The Bertz CT molecular complexity index is 865. The molecule has 0 spiro atoms. The van der Waals surface area contributed by atoms with Crippen LogP contribution in [0, 0.1) is 0 Å². The lowest BCUT2D eigenvalue weighted by Gasteiger charge is -2.28. The Morgan fingerprint density at radius 3 is 2.50 bits per heavy atom. The van der Waals surface area contributed by atoms with Crippen LogP contribution >= 0.6 is 0 Å². The van der Waals surface area contributed by atoms with Crippen molar-refractivity contribution in [2.24, 2.45) is 0 Å². The van der Waals surface area contributed by atoms with Crippen molar-refractivity contribution in [3.63, 3.8) is 0 Å². The molecule has 0 bridgehead atoms. The summed E-state index contributed by atoms with van der Waals surface area (Å²) in [5, 5.41) is 0. The topological polar surface area (TPSA) is 49.9 Å². The number of carbonyl (C=O) groups excluding carboxylic acids is 2. The van der Waals surface area contributed by atoms with Crippen LogP contribution in [0.25, 0.3) is 0 Å². The van der Waals surface area contributed by atoms with E-state index in [1.807, 2.05) is 59.2 Å². The quantitative estimate of drug-likeness (QED) is 0.712. The molecule has 0 saturated heterocycles. The normalized spacial score (nSPS) is 15.1. The number of nitrogens with zero attached hydrogens (tertiary/aromatic N) is 2. The largest absolute Gasteiger partial charge is 0.497 e. The fourth-order valence-corrected chi connectivity index (χ4v) is 3.95. The van der Waals surface area contributed by atoms with E-state index in [0.717, 1.165) is 49.9 Å². The van der Waals surface area contributed by atoms with Crippen LogP contribution < -0.4 is 9.64 Å². The molecule has 0 saturated carbocycles. The van der Waals surface area contributed by atoms with Crippen LogP contribution in [0.5, 0.6) is 5.75 Å². The number of rotatable bonds is 4. The SMILES string of the molecule is CCCC(=O)N1CCCCCCN(C(=O)c2cccc(OC)c2)c2ccccc2C1. The Morgan fingerprint density at radius 2 is 1.73 bits per heavy atom. The first-order valence-electron chi connectivity index (χ1n) is 11.0. The third-order valence-electron chi connectivity index (χ3n) is 5.58. The minimum Gasteiger partial charge on any atom is -0.497 e. The van der Waals surface area contributed by atoms with Crippen LogP contribution in [0.1, 0.15) is 61.4 Å².